The van der Waals surface area contributed by atoms with Crippen molar-refractivity contribution in [2.45, 2.75) is 6.42 Å². The van der Waals surface area contributed by atoms with Crippen LogP contribution in [0.4, 0.5) is 0 Å². The van der Waals surface area contributed by atoms with E-state index in [0.717, 1.165) is 0 Å². The van der Waals surface area contributed by atoms with Crippen molar-refractivity contribution >= 4 is 49.6 Å². The van der Waals surface area contributed by atoms with Crippen LogP contribution in [0.5, 0.6) is 23.0 Å². The van der Waals surface area contributed by atoms with Gasteiger partial charge in [0, 0.05) is 25.8 Å². The molecule has 0 aromatic heterocycles. The molecule has 0 aliphatic rings. The molecule has 0 aliphatic carbocycles. The van der Waals surface area contributed by atoms with E-state index in [1.54, 1.807) is 36.4 Å². The standard InChI is InChI=1S/C21H20O6.In/c1-26-20-11-14(5-9-18(20)24)3-7-16(22)13-17(23)8-4-15-6-10-19(25)21(12-15)27-2;/h3-12,24-25H,13H2,1-2H3;/b7-3+,8-4+;. The summed E-state index contributed by atoms with van der Waals surface area (Å²) in [5.41, 5.74) is 1.33. The number of ether oxygens (including phenoxy) is 2. The molecule has 0 spiro atoms. The largest absolute Gasteiger partial charge is 0.504 e. The van der Waals surface area contributed by atoms with Crippen LogP contribution in [0.2, 0.25) is 0 Å². The molecule has 7 heteroatoms. The number of hydrogen-bond donors (Lipinski definition) is 2. The number of hydrogen-bond acceptors (Lipinski definition) is 6. The first-order valence-electron chi connectivity index (χ1n) is 8.08. The molecule has 0 aliphatic heterocycles. The predicted molar refractivity (Wildman–Crippen MR) is 108 cm³/mol. The summed E-state index contributed by atoms with van der Waals surface area (Å²) < 4.78 is 10.00. The van der Waals surface area contributed by atoms with Gasteiger partial charge in [-0.3, -0.25) is 9.59 Å². The molecule has 0 saturated heterocycles. The number of methoxy groups -OCH3 is 2. The summed E-state index contributed by atoms with van der Waals surface area (Å²) in [5, 5.41) is 19.1. The minimum absolute atomic E-state index is 0. The van der Waals surface area contributed by atoms with Crippen molar-refractivity contribution in [2.75, 3.05) is 14.2 Å². The number of aromatic hydroxyl groups is 2. The number of phenolic OH excluding ortho intramolecular Hbond substituents is 2. The molecule has 143 valence electrons. The molecule has 0 amide bonds. The van der Waals surface area contributed by atoms with Gasteiger partial charge in [-0.15, -0.1) is 0 Å². The van der Waals surface area contributed by atoms with Gasteiger partial charge >= 0.3 is 0 Å². The summed E-state index contributed by atoms with van der Waals surface area (Å²) in [6.45, 7) is 0. The van der Waals surface area contributed by atoms with Crippen molar-refractivity contribution < 1.29 is 29.3 Å². The van der Waals surface area contributed by atoms with E-state index in [1.807, 2.05) is 0 Å². The van der Waals surface area contributed by atoms with Crippen LogP contribution in [-0.4, -0.2) is 61.8 Å². The van der Waals surface area contributed by atoms with Gasteiger partial charge < -0.3 is 19.7 Å². The Balaban J connectivity index is 0.00000392. The van der Waals surface area contributed by atoms with Gasteiger partial charge in [-0.1, -0.05) is 24.3 Å². The number of allylic oxidation sites excluding steroid dienone is 2. The average Bonchev–Trinajstić information content (AvgIpc) is 2.66. The fraction of sp³-hybridized carbons (Fsp3) is 0.143. The van der Waals surface area contributed by atoms with Crippen molar-refractivity contribution in [3.05, 3.63) is 59.7 Å². The summed E-state index contributed by atoms with van der Waals surface area (Å²) in [6.07, 6.45) is 5.44. The Kier molecular flexibility index (Phi) is 9.38. The second-order valence-electron chi connectivity index (χ2n) is 5.64. The molecule has 0 saturated carbocycles. The van der Waals surface area contributed by atoms with E-state index in [-0.39, 0.29) is 55.3 Å². The number of benzene rings is 2. The number of phenols is 2. The summed E-state index contributed by atoms with van der Waals surface area (Å²) in [6, 6.07) is 9.34. The Labute approximate surface area is 181 Å². The second-order valence-corrected chi connectivity index (χ2v) is 5.64. The van der Waals surface area contributed by atoms with Crippen LogP contribution in [0, 0.1) is 0 Å². The molecule has 0 unspecified atom stereocenters. The molecule has 2 N–H and O–H groups in total. The zero-order chi connectivity index (χ0) is 19.8. The SMILES string of the molecule is COc1cc(/C=C/C(=O)CC(=O)/C=C/c2ccc(O)c(OC)c2)ccc1O.[In]. The zero-order valence-electron chi connectivity index (χ0n) is 15.6. The quantitative estimate of drug-likeness (QED) is 0.443. The summed E-state index contributed by atoms with van der Waals surface area (Å²) in [5.74, 6) is -0.0832. The molecule has 0 fully saturated rings. The third-order valence-electron chi connectivity index (χ3n) is 3.68. The second kappa shape index (κ2) is 11.2. The third-order valence-corrected chi connectivity index (χ3v) is 3.68. The molecule has 2 rings (SSSR count). The first-order chi connectivity index (χ1) is 12.9. The average molecular weight is 483 g/mol. The molecule has 6 nitrogen and oxygen atoms in total. The molecular formula is C21H20InO6. The van der Waals surface area contributed by atoms with Crippen molar-refractivity contribution in [2.24, 2.45) is 0 Å². The van der Waals surface area contributed by atoms with Gasteiger partial charge in [0.25, 0.3) is 0 Å². The minimum Gasteiger partial charge on any atom is -0.504 e. The van der Waals surface area contributed by atoms with Gasteiger partial charge in [-0.05, 0) is 47.5 Å². The molecule has 2 aromatic carbocycles. The summed E-state index contributed by atoms with van der Waals surface area (Å²) >= 11 is 0. The Hall–Kier alpha value is -2.67. The third kappa shape index (κ3) is 6.81. The van der Waals surface area contributed by atoms with Crippen LogP contribution < -0.4 is 9.47 Å². The monoisotopic (exact) mass is 483 g/mol. The number of carbonyl (C=O) groups is 2. The molecule has 0 heterocycles. The van der Waals surface area contributed by atoms with E-state index >= 15 is 0 Å². The Morgan fingerprint density at radius 1 is 0.821 bits per heavy atom. The van der Waals surface area contributed by atoms with E-state index in [4.69, 9.17) is 9.47 Å². The maximum Gasteiger partial charge on any atom is 0.163 e. The topological polar surface area (TPSA) is 93.1 Å². The van der Waals surface area contributed by atoms with Gasteiger partial charge in [0.05, 0.1) is 20.6 Å². The van der Waals surface area contributed by atoms with Crippen molar-refractivity contribution in [1.29, 1.82) is 0 Å². The molecule has 28 heavy (non-hydrogen) atoms. The van der Waals surface area contributed by atoms with Gasteiger partial charge in [0.15, 0.2) is 34.6 Å². The summed E-state index contributed by atoms with van der Waals surface area (Å²) in [7, 11) is 2.87. The maximum atomic E-state index is 11.9. The van der Waals surface area contributed by atoms with E-state index in [0.29, 0.717) is 22.6 Å². The van der Waals surface area contributed by atoms with Crippen LogP contribution in [0.3, 0.4) is 0 Å². The van der Waals surface area contributed by atoms with Gasteiger partial charge in [-0.25, -0.2) is 0 Å². The normalized spacial score (nSPS) is 10.6. The van der Waals surface area contributed by atoms with Crippen LogP contribution in [-0.2, 0) is 9.59 Å². The Bertz CT molecular complexity index is 828. The van der Waals surface area contributed by atoms with E-state index < -0.39 is 0 Å². The maximum absolute atomic E-state index is 11.9. The first kappa shape index (κ1) is 23.4. The molecule has 2 aromatic rings. The van der Waals surface area contributed by atoms with Gasteiger partial charge in [0.1, 0.15) is 0 Å². The van der Waals surface area contributed by atoms with E-state index in [1.165, 1.54) is 38.5 Å². The number of carbonyl (C=O) groups excluding carboxylic acids is 2. The van der Waals surface area contributed by atoms with Gasteiger partial charge in [-0.2, -0.15) is 0 Å². The van der Waals surface area contributed by atoms with E-state index in [2.05, 4.69) is 0 Å². The smallest absolute Gasteiger partial charge is 0.163 e. The predicted octanol–water partition coefficient (Wildman–Crippen LogP) is 2.99. The van der Waals surface area contributed by atoms with Crippen LogP contribution in [0.15, 0.2) is 48.6 Å². The van der Waals surface area contributed by atoms with Crippen LogP contribution in [0.1, 0.15) is 17.5 Å². The first-order valence-corrected chi connectivity index (χ1v) is 8.08. The van der Waals surface area contributed by atoms with Gasteiger partial charge in [0.2, 0.25) is 0 Å². The van der Waals surface area contributed by atoms with Crippen molar-refractivity contribution in [1.82, 2.24) is 0 Å². The summed E-state index contributed by atoms with van der Waals surface area (Å²) in [4.78, 5) is 23.9. The fourth-order valence-corrected chi connectivity index (χ4v) is 2.26. The molecule has 0 atom stereocenters. The molecular weight excluding hydrogens is 463 g/mol. The zero-order valence-corrected chi connectivity index (χ0v) is 18.9. The van der Waals surface area contributed by atoms with E-state index in [9.17, 15) is 19.8 Å². The van der Waals surface area contributed by atoms with Crippen LogP contribution in [0.25, 0.3) is 12.2 Å². The minimum atomic E-state index is -0.347. The fourth-order valence-electron chi connectivity index (χ4n) is 2.26. The number of ketones is 2. The Morgan fingerprint density at radius 3 is 1.57 bits per heavy atom. The van der Waals surface area contributed by atoms with Crippen molar-refractivity contribution in [3.63, 3.8) is 0 Å². The Morgan fingerprint density at radius 2 is 1.21 bits per heavy atom. The number of rotatable bonds is 8. The van der Waals surface area contributed by atoms with Crippen molar-refractivity contribution in [3.8, 4) is 23.0 Å². The molecule has 0 bridgehead atoms. The molecule has 3 radical (unpaired) electrons. The van der Waals surface area contributed by atoms with Crippen LogP contribution >= 0.6 is 0 Å².